The van der Waals surface area contributed by atoms with E-state index in [9.17, 15) is 9.59 Å². The summed E-state index contributed by atoms with van der Waals surface area (Å²) in [7, 11) is 1.73. The van der Waals surface area contributed by atoms with Gasteiger partial charge in [0.25, 0.3) is 5.91 Å². The fourth-order valence-corrected chi connectivity index (χ4v) is 3.41. The first-order chi connectivity index (χ1) is 11.1. The molecular formula is C17H19N3O2S. The maximum atomic E-state index is 12.8. The lowest BCUT2D eigenvalue weighted by Gasteiger charge is -2.33. The highest BCUT2D eigenvalue weighted by atomic mass is 32.1. The summed E-state index contributed by atoms with van der Waals surface area (Å²) >= 11 is 1.35. The second kappa shape index (κ2) is 6.50. The first-order valence-electron chi connectivity index (χ1n) is 7.73. The second-order valence-corrected chi connectivity index (χ2v) is 6.44. The van der Waals surface area contributed by atoms with Crippen molar-refractivity contribution in [1.82, 2.24) is 4.98 Å². The van der Waals surface area contributed by atoms with Gasteiger partial charge in [-0.3, -0.25) is 14.5 Å². The Kier molecular flexibility index (Phi) is 4.43. The molecule has 1 aromatic heterocycles. The summed E-state index contributed by atoms with van der Waals surface area (Å²) in [5.41, 5.74) is 2.46. The first kappa shape index (κ1) is 15.7. The third-order valence-electron chi connectivity index (χ3n) is 3.97. The molecule has 6 heteroatoms. The van der Waals surface area contributed by atoms with Crippen LogP contribution in [0.3, 0.4) is 0 Å². The van der Waals surface area contributed by atoms with Crippen LogP contribution in [-0.4, -0.2) is 30.4 Å². The Bertz CT molecular complexity index is 741. The number of nitrogens with zero attached hydrogens (tertiary/aromatic N) is 3. The van der Waals surface area contributed by atoms with Gasteiger partial charge in [-0.25, -0.2) is 4.98 Å². The summed E-state index contributed by atoms with van der Waals surface area (Å²) in [6.45, 7) is 2.18. The molecular weight excluding hydrogens is 310 g/mol. The molecule has 2 heterocycles. The Morgan fingerprint density at radius 3 is 2.78 bits per heavy atom. The van der Waals surface area contributed by atoms with E-state index in [1.807, 2.05) is 29.6 Å². The van der Waals surface area contributed by atoms with Crippen LogP contribution in [-0.2, 0) is 11.2 Å². The number of carbonyl (C=O) groups is 2. The molecule has 120 valence electrons. The monoisotopic (exact) mass is 329 g/mol. The summed E-state index contributed by atoms with van der Waals surface area (Å²) < 4.78 is 0. The fraction of sp³-hybridized carbons (Fsp3) is 0.353. The van der Waals surface area contributed by atoms with Gasteiger partial charge < -0.3 is 4.90 Å². The average Bonchev–Trinajstić information content (AvgIpc) is 3.04. The number of likely N-dealkylation sites (N-methyl/N-ethyl adjacent to an activating group) is 1. The summed E-state index contributed by atoms with van der Waals surface area (Å²) in [6.07, 6.45) is 3.05. The molecule has 0 unspecified atom stereocenters. The summed E-state index contributed by atoms with van der Waals surface area (Å²) in [4.78, 5) is 32.5. The Hall–Kier alpha value is -2.21. The van der Waals surface area contributed by atoms with E-state index in [0.29, 0.717) is 5.01 Å². The Morgan fingerprint density at radius 2 is 2.04 bits per heavy atom. The van der Waals surface area contributed by atoms with Crippen molar-refractivity contribution in [2.75, 3.05) is 23.4 Å². The molecule has 1 aliphatic rings. The van der Waals surface area contributed by atoms with Gasteiger partial charge in [0.1, 0.15) is 6.54 Å². The lowest BCUT2D eigenvalue weighted by Crippen LogP contribution is -2.46. The first-order valence-corrected chi connectivity index (χ1v) is 8.61. The summed E-state index contributed by atoms with van der Waals surface area (Å²) in [6, 6.07) is 7.45. The number of carbonyl (C=O) groups excluding carboxylic acids is 2. The van der Waals surface area contributed by atoms with Crippen LogP contribution in [0.1, 0.15) is 35.3 Å². The SMILES string of the molecule is CCCCc1csc(C(=O)N2CC(=O)N(C)c3ccccc32)n1. The molecule has 0 bridgehead atoms. The molecule has 23 heavy (non-hydrogen) atoms. The van der Waals surface area contributed by atoms with E-state index in [2.05, 4.69) is 11.9 Å². The highest BCUT2D eigenvalue weighted by Crippen LogP contribution is 2.33. The van der Waals surface area contributed by atoms with E-state index in [0.717, 1.165) is 36.3 Å². The molecule has 1 aromatic carbocycles. The molecule has 5 nitrogen and oxygen atoms in total. The average molecular weight is 329 g/mol. The number of para-hydroxylation sites is 2. The van der Waals surface area contributed by atoms with E-state index in [1.165, 1.54) is 16.2 Å². The van der Waals surface area contributed by atoms with Crippen molar-refractivity contribution in [3.63, 3.8) is 0 Å². The lowest BCUT2D eigenvalue weighted by molar-refractivity contribution is -0.117. The largest absolute Gasteiger partial charge is 0.312 e. The molecule has 2 aromatic rings. The van der Waals surface area contributed by atoms with Gasteiger partial charge in [-0.15, -0.1) is 11.3 Å². The maximum Gasteiger partial charge on any atom is 0.287 e. The van der Waals surface area contributed by atoms with Gasteiger partial charge in [0.15, 0.2) is 5.01 Å². The number of amides is 2. The third kappa shape index (κ3) is 2.99. The summed E-state index contributed by atoms with van der Waals surface area (Å²) in [5.74, 6) is -0.300. The zero-order valence-corrected chi connectivity index (χ0v) is 14.1. The molecule has 0 aliphatic carbocycles. The molecule has 0 saturated carbocycles. The predicted octanol–water partition coefficient (Wildman–Crippen LogP) is 3.11. The number of fused-ring (bicyclic) bond motifs is 1. The predicted molar refractivity (Wildman–Crippen MR) is 92.3 cm³/mol. The number of anilines is 2. The molecule has 0 radical (unpaired) electrons. The zero-order valence-electron chi connectivity index (χ0n) is 13.3. The zero-order chi connectivity index (χ0) is 16.4. The number of benzene rings is 1. The molecule has 0 saturated heterocycles. The quantitative estimate of drug-likeness (QED) is 0.866. The van der Waals surface area contributed by atoms with Gasteiger partial charge in [-0.1, -0.05) is 25.5 Å². The highest BCUT2D eigenvalue weighted by Gasteiger charge is 2.32. The van der Waals surface area contributed by atoms with Gasteiger partial charge >= 0.3 is 0 Å². The minimum Gasteiger partial charge on any atom is -0.312 e. The Balaban J connectivity index is 1.89. The molecule has 0 fully saturated rings. The van der Waals surface area contributed by atoms with E-state index >= 15 is 0 Å². The van der Waals surface area contributed by atoms with Crippen LogP contribution in [0.5, 0.6) is 0 Å². The Labute approximate surface area is 139 Å². The van der Waals surface area contributed by atoms with Crippen molar-refractivity contribution in [2.45, 2.75) is 26.2 Å². The normalized spacial score (nSPS) is 14.1. The molecule has 0 spiro atoms. The van der Waals surface area contributed by atoms with Crippen LogP contribution in [0, 0.1) is 0 Å². The van der Waals surface area contributed by atoms with Crippen molar-refractivity contribution in [3.8, 4) is 0 Å². The molecule has 0 N–H and O–H groups in total. The molecule has 0 atom stereocenters. The number of thiazole rings is 1. The number of aromatic nitrogens is 1. The van der Waals surface area contributed by atoms with Crippen molar-refractivity contribution in [2.24, 2.45) is 0 Å². The highest BCUT2D eigenvalue weighted by molar-refractivity contribution is 7.11. The second-order valence-electron chi connectivity index (χ2n) is 5.58. The van der Waals surface area contributed by atoms with Crippen LogP contribution in [0.25, 0.3) is 0 Å². The molecule has 2 amide bonds. The molecule has 3 rings (SSSR count). The van der Waals surface area contributed by atoms with Crippen LogP contribution >= 0.6 is 11.3 Å². The smallest absolute Gasteiger partial charge is 0.287 e. The number of aryl methyl sites for hydroxylation is 1. The third-order valence-corrected chi connectivity index (χ3v) is 4.85. The molecule has 1 aliphatic heterocycles. The maximum absolute atomic E-state index is 12.8. The Morgan fingerprint density at radius 1 is 1.30 bits per heavy atom. The van der Waals surface area contributed by atoms with E-state index < -0.39 is 0 Å². The van der Waals surface area contributed by atoms with Crippen LogP contribution in [0.2, 0.25) is 0 Å². The minimum atomic E-state index is -0.202. The van der Waals surface area contributed by atoms with Crippen LogP contribution in [0.15, 0.2) is 29.6 Å². The van der Waals surface area contributed by atoms with Crippen molar-refractivity contribution < 1.29 is 9.59 Å². The standard InChI is InChI=1S/C17H19N3O2S/c1-3-4-7-12-11-23-16(18-12)17(22)20-10-15(21)19(2)13-8-5-6-9-14(13)20/h5-6,8-9,11H,3-4,7,10H2,1-2H3. The van der Waals surface area contributed by atoms with Gasteiger partial charge in [-0.2, -0.15) is 0 Å². The van der Waals surface area contributed by atoms with E-state index in [1.54, 1.807) is 11.9 Å². The minimum absolute atomic E-state index is 0.0518. The number of unbranched alkanes of at least 4 members (excludes halogenated alkanes) is 1. The lowest BCUT2D eigenvalue weighted by atomic mass is 10.1. The van der Waals surface area contributed by atoms with Crippen LogP contribution in [0.4, 0.5) is 11.4 Å². The van der Waals surface area contributed by atoms with Gasteiger partial charge in [0.05, 0.1) is 17.1 Å². The number of rotatable bonds is 4. The van der Waals surface area contributed by atoms with E-state index in [4.69, 9.17) is 0 Å². The summed E-state index contributed by atoms with van der Waals surface area (Å²) in [5, 5.41) is 2.38. The number of hydrogen-bond acceptors (Lipinski definition) is 4. The van der Waals surface area contributed by atoms with E-state index in [-0.39, 0.29) is 18.4 Å². The van der Waals surface area contributed by atoms with Crippen molar-refractivity contribution in [3.05, 3.63) is 40.3 Å². The fourth-order valence-electron chi connectivity index (χ4n) is 2.61. The van der Waals surface area contributed by atoms with Gasteiger partial charge in [0.2, 0.25) is 5.91 Å². The van der Waals surface area contributed by atoms with Gasteiger partial charge in [0, 0.05) is 12.4 Å². The van der Waals surface area contributed by atoms with Crippen molar-refractivity contribution in [1.29, 1.82) is 0 Å². The number of hydrogen-bond donors (Lipinski definition) is 0. The van der Waals surface area contributed by atoms with Gasteiger partial charge in [-0.05, 0) is 25.0 Å². The van der Waals surface area contributed by atoms with Crippen molar-refractivity contribution >= 4 is 34.5 Å². The topological polar surface area (TPSA) is 53.5 Å². The van der Waals surface area contributed by atoms with Crippen LogP contribution < -0.4 is 9.80 Å².